The van der Waals surface area contributed by atoms with Crippen molar-refractivity contribution >= 4 is 16.0 Å². The van der Waals surface area contributed by atoms with Crippen LogP contribution in [-0.4, -0.2) is 45.0 Å². The first-order chi connectivity index (χ1) is 15.3. The van der Waals surface area contributed by atoms with E-state index in [2.05, 4.69) is 0 Å². The Labute approximate surface area is 189 Å². The minimum atomic E-state index is -3.69. The zero-order valence-corrected chi connectivity index (χ0v) is 19.5. The number of esters is 1. The van der Waals surface area contributed by atoms with Gasteiger partial charge in [-0.2, -0.15) is 4.31 Å². The van der Waals surface area contributed by atoms with E-state index in [0.717, 1.165) is 23.1 Å². The number of carbonyl (C=O) groups excluding carboxylic acids is 1. The average molecular weight is 460 g/mol. The Kier molecular flexibility index (Phi) is 6.44. The van der Waals surface area contributed by atoms with E-state index in [1.807, 2.05) is 32.9 Å². The average Bonchev–Trinajstić information content (AvgIpc) is 3.04. The molecular formula is C24H29NO6S. The van der Waals surface area contributed by atoms with Gasteiger partial charge in [-0.25, -0.2) is 8.42 Å². The fourth-order valence-corrected chi connectivity index (χ4v) is 5.54. The summed E-state index contributed by atoms with van der Waals surface area (Å²) in [4.78, 5) is 13.0. The largest absolute Gasteiger partial charge is 0.490 e. The molecule has 0 aliphatic carbocycles. The summed E-state index contributed by atoms with van der Waals surface area (Å²) in [6.45, 7) is 7.41. The molecule has 0 unspecified atom stereocenters. The summed E-state index contributed by atoms with van der Waals surface area (Å²) < 4.78 is 44.7. The fraction of sp³-hybridized carbons (Fsp3) is 0.458. The van der Waals surface area contributed by atoms with Crippen molar-refractivity contribution in [2.45, 2.75) is 44.9 Å². The number of piperidine rings is 1. The van der Waals surface area contributed by atoms with Crippen molar-refractivity contribution in [3.8, 4) is 17.2 Å². The first-order valence-corrected chi connectivity index (χ1v) is 12.4. The van der Waals surface area contributed by atoms with Gasteiger partial charge < -0.3 is 14.2 Å². The molecule has 2 heterocycles. The van der Waals surface area contributed by atoms with Crippen LogP contribution < -0.4 is 14.2 Å². The third kappa shape index (κ3) is 4.47. The second-order valence-corrected chi connectivity index (χ2v) is 10.3. The van der Waals surface area contributed by atoms with Crippen molar-refractivity contribution < 1.29 is 27.4 Å². The number of fused-ring (bicyclic) bond motifs is 1. The second kappa shape index (κ2) is 9.11. The zero-order chi connectivity index (χ0) is 22.9. The lowest BCUT2D eigenvalue weighted by molar-refractivity contribution is -0.140. The van der Waals surface area contributed by atoms with E-state index in [1.54, 1.807) is 12.1 Å². The van der Waals surface area contributed by atoms with Gasteiger partial charge in [0.05, 0.1) is 24.0 Å². The maximum absolute atomic E-state index is 13.2. The van der Waals surface area contributed by atoms with Gasteiger partial charge in [0.25, 0.3) is 0 Å². The van der Waals surface area contributed by atoms with Crippen LogP contribution in [-0.2, 0) is 14.8 Å². The minimum absolute atomic E-state index is 0.175. The van der Waals surface area contributed by atoms with Gasteiger partial charge in [-0.05, 0) is 62.4 Å². The molecule has 2 aliphatic rings. The molecule has 2 aromatic carbocycles. The maximum atomic E-state index is 13.2. The molecule has 0 radical (unpaired) electrons. The predicted octanol–water partition coefficient (Wildman–Crippen LogP) is 3.78. The Hall–Kier alpha value is -2.58. The lowest BCUT2D eigenvalue weighted by Gasteiger charge is -2.30. The molecule has 8 heteroatoms. The molecule has 0 amide bonds. The Morgan fingerprint density at radius 3 is 2.34 bits per heavy atom. The SMILES string of the molecule is Cc1ccc(C)c(OC(=O)C2CCN(S(=O)(=O)c3ccc4c(c3)OCCCO4)CC2)c1C. The van der Waals surface area contributed by atoms with E-state index < -0.39 is 10.0 Å². The number of sulfonamides is 1. The van der Waals surface area contributed by atoms with Crippen LogP contribution in [0.5, 0.6) is 17.2 Å². The number of hydrogen-bond acceptors (Lipinski definition) is 6. The monoisotopic (exact) mass is 459 g/mol. The molecule has 0 spiro atoms. The number of carbonyl (C=O) groups is 1. The molecule has 0 bridgehead atoms. The van der Waals surface area contributed by atoms with E-state index in [0.29, 0.717) is 43.3 Å². The topological polar surface area (TPSA) is 82.1 Å². The summed E-state index contributed by atoms with van der Waals surface area (Å²) in [5.41, 5.74) is 2.93. The Balaban J connectivity index is 1.43. The predicted molar refractivity (Wildman–Crippen MR) is 120 cm³/mol. The van der Waals surface area contributed by atoms with Crippen LogP contribution in [0.15, 0.2) is 35.2 Å². The van der Waals surface area contributed by atoms with Crippen LogP contribution in [0.2, 0.25) is 0 Å². The van der Waals surface area contributed by atoms with Crippen molar-refractivity contribution in [3.63, 3.8) is 0 Å². The number of benzene rings is 2. The molecule has 0 N–H and O–H groups in total. The number of hydrogen-bond donors (Lipinski definition) is 0. The minimum Gasteiger partial charge on any atom is -0.490 e. The smallest absolute Gasteiger partial charge is 0.314 e. The van der Waals surface area contributed by atoms with Gasteiger partial charge >= 0.3 is 5.97 Å². The van der Waals surface area contributed by atoms with E-state index in [-0.39, 0.29) is 29.9 Å². The fourth-order valence-electron chi connectivity index (χ4n) is 4.05. The lowest BCUT2D eigenvalue weighted by atomic mass is 9.98. The second-order valence-electron chi connectivity index (χ2n) is 8.41. The number of rotatable bonds is 4. The van der Waals surface area contributed by atoms with Crippen LogP contribution in [0.3, 0.4) is 0 Å². The molecule has 1 fully saturated rings. The lowest BCUT2D eigenvalue weighted by Crippen LogP contribution is -2.41. The Morgan fingerprint density at radius 1 is 0.969 bits per heavy atom. The summed E-state index contributed by atoms with van der Waals surface area (Å²) >= 11 is 0. The molecule has 0 saturated carbocycles. The number of aryl methyl sites for hydroxylation is 2. The third-order valence-corrected chi connectivity index (χ3v) is 8.11. The molecule has 4 rings (SSSR count). The highest BCUT2D eigenvalue weighted by Crippen LogP contribution is 2.34. The molecule has 7 nitrogen and oxygen atoms in total. The van der Waals surface area contributed by atoms with Gasteiger partial charge in [0, 0.05) is 25.6 Å². The van der Waals surface area contributed by atoms with E-state index >= 15 is 0 Å². The molecule has 0 aromatic heterocycles. The highest BCUT2D eigenvalue weighted by atomic mass is 32.2. The summed E-state index contributed by atoms with van der Waals surface area (Å²) in [7, 11) is -3.69. The van der Waals surface area contributed by atoms with Gasteiger partial charge in [-0.1, -0.05) is 12.1 Å². The molecule has 0 atom stereocenters. The van der Waals surface area contributed by atoms with Crippen molar-refractivity contribution in [2.75, 3.05) is 26.3 Å². The highest BCUT2D eigenvalue weighted by molar-refractivity contribution is 7.89. The Bertz CT molecular complexity index is 1120. The quantitative estimate of drug-likeness (QED) is 0.511. The van der Waals surface area contributed by atoms with Crippen LogP contribution >= 0.6 is 0 Å². The van der Waals surface area contributed by atoms with Crippen LogP contribution in [0, 0.1) is 26.7 Å². The van der Waals surface area contributed by atoms with Gasteiger partial charge in [-0.15, -0.1) is 0 Å². The van der Waals surface area contributed by atoms with Crippen LogP contribution in [0.4, 0.5) is 0 Å². The standard InChI is InChI=1S/C24H29NO6S/c1-16-5-6-17(2)23(18(16)3)31-24(26)19-9-11-25(12-10-19)32(27,28)20-7-8-21-22(15-20)30-14-4-13-29-21/h5-8,15,19H,4,9-14H2,1-3H3. The highest BCUT2D eigenvalue weighted by Gasteiger charge is 2.34. The number of nitrogens with zero attached hydrogens (tertiary/aromatic N) is 1. The Morgan fingerprint density at radius 2 is 1.62 bits per heavy atom. The maximum Gasteiger partial charge on any atom is 0.314 e. The molecule has 172 valence electrons. The van der Waals surface area contributed by atoms with Crippen molar-refractivity contribution in [1.29, 1.82) is 0 Å². The first kappa shape index (κ1) is 22.6. The summed E-state index contributed by atoms with van der Waals surface area (Å²) in [5.74, 6) is 0.992. The summed E-state index contributed by atoms with van der Waals surface area (Å²) in [6.07, 6.45) is 1.60. The van der Waals surface area contributed by atoms with E-state index in [4.69, 9.17) is 14.2 Å². The van der Waals surface area contributed by atoms with Crippen molar-refractivity contribution in [2.24, 2.45) is 5.92 Å². The molecule has 2 aromatic rings. The first-order valence-electron chi connectivity index (χ1n) is 11.0. The molecule has 32 heavy (non-hydrogen) atoms. The van der Waals surface area contributed by atoms with Crippen molar-refractivity contribution in [3.05, 3.63) is 47.0 Å². The van der Waals surface area contributed by atoms with Gasteiger partial charge in [0.2, 0.25) is 10.0 Å². The molecule has 2 aliphatic heterocycles. The normalized spacial score (nSPS) is 17.6. The van der Waals surface area contributed by atoms with Gasteiger partial charge in [0.1, 0.15) is 5.75 Å². The van der Waals surface area contributed by atoms with Crippen LogP contribution in [0.1, 0.15) is 36.0 Å². The zero-order valence-electron chi connectivity index (χ0n) is 18.7. The van der Waals surface area contributed by atoms with Gasteiger partial charge in [0.15, 0.2) is 11.5 Å². The molecular weight excluding hydrogens is 430 g/mol. The van der Waals surface area contributed by atoms with Gasteiger partial charge in [-0.3, -0.25) is 4.79 Å². The summed E-state index contributed by atoms with van der Waals surface area (Å²) in [6, 6.07) is 8.66. The van der Waals surface area contributed by atoms with E-state index in [1.165, 1.54) is 10.4 Å². The summed E-state index contributed by atoms with van der Waals surface area (Å²) in [5, 5.41) is 0. The molecule has 1 saturated heterocycles. The van der Waals surface area contributed by atoms with Crippen LogP contribution in [0.25, 0.3) is 0 Å². The number of ether oxygens (including phenoxy) is 3. The van der Waals surface area contributed by atoms with E-state index in [9.17, 15) is 13.2 Å². The van der Waals surface area contributed by atoms with Crippen molar-refractivity contribution in [1.82, 2.24) is 4.31 Å². The third-order valence-electron chi connectivity index (χ3n) is 6.22.